The van der Waals surface area contributed by atoms with E-state index in [1.165, 1.54) is 29.7 Å². The fourth-order valence-electron chi connectivity index (χ4n) is 3.70. The molecule has 3 rings (SSSR count). The summed E-state index contributed by atoms with van der Waals surface area (Å²) >= 11 is 5.51. The van der Waals surface area contributed by atoms with Crippen LogP contribution in [0.2, 0.25) is 0 Å². The van der Waals surface area contributed by atoms with Gasteiger partial charge >= 0.3 is 0 Å². The van der Waals surface area contributed by atoms with Gasteiger partial charge in [-0.05, 0) is 43.0 Å². The van der Waals surface area contributed by atoms with Crippen LogP contribution < -0.4 is 10.6 Å². The molecule has 26 heavy (non-hydrogen) atoms. The summed E-state index contributed by atoms with van der Waals surface area (Å²) in [6, 6.07) is 10.8. The van der Waals surface area contributed by atoms with Crippen LogP contribution in [0.25, 0.3) is 0 Å². The minimum absolute atomic E-state index is 0.303. The van der Waals surface area contributed by atoms with Gasteiger partial charge in [0.15, 0.2) is 6.67 Å². The van der Waals surface area contributed by atoms with Gasteiger partial charge in [-0.3, -0.25) is 4.79 Å². The van der Waals surface area contributed by atoms with Crippen LogP contribution >= 0.6 is 12.2 Å². The average molecular weight is 375 g/mol. The van der Waals surface area contributed by atoms with Gasteiger partial charge in [0.2, 0.25) is 10.7 Å². The normalized spacial score (nSPS) is 20.2. The number of likely N-dealkylation sites (tertiary alicyclic amines) is 1. The molecule has 0 spiro atoms. The Morgan fingerprint density at radius 2 is 2.00 bits per heavy atom. The molecule has 140 valence electrons. The molecule has 1 aliphatic rings. The molecule has 0 aliphatic carbocycles. The van der Waals surface area contributed by atoms with Crippen LogP contribution in [-0.4, -0.2) is 33.3 Å². The quantitative estimate of drug-likeness (QED) is 0.707. The Bertz CT molecular complexity index is 790. The van der Waals surface area contributed by atoms with E-state index in [4.69, 9.17) is 18.0 Å². The second-order valence-corrected chi connectivity index (χ2v) is 7.63. The molecular formula is C19H28N5OS+. The first-order valence-electron chi connectivity index (χ1n) is 9.31. The highest BCUT2D eigenvalue weighted by Gasteiger charge is 2.23. The summed E-state index contributed by atoms with van der Waals surface area (Å²) in [7, 11) is 1.91. The number of piperidine rings is 1. The Morgan fingerprint density at radius 3 is 2.65 bits per heavy atom. The fourth-order valence-corrected chi connectivity index (χ4v) is 3.91. The predicted octanol–water partition coefficient (Wildman–Crippen LogP) is 0.864. The van der Waals surface area contributed by atoms with Crippen molar-refractivity contribution in [3.8, 4) is 0 Å². The van der Waals surface area contributed by atoms with Crippen LogP contribution in [0, 0.1) is 10.7 Å². The van der Waals surface area contributed by atoms with Gasteiger partial charge in [0, 0.05) is 19.9 Å². The van der Waals surface area contributed by atoms with Crippen LogP contribution in [0.4, 0.5) is 0 Å². The third-order valence-corrected chi connectivity index (χ3v) is 5.76. The Kier molecular flexibility index (Phi) is 6.21. The Labute approximate surface area is 159 Å². The second kappa shape index (κ2) is 8.60. The number of quaternary nitrogens is 1. The van der Waals surface area contributed by atoms with Crippen molar-refractivity contribution in [3.05, 3.63) is 46.5 Å². The lowest BCUT2D eigenvalue weighted by Gasteiger charge is -2.29. The van der Waals surface area contributed by atoms with Crippen LogP contribution in [-0.2, 0) is 31.4 Å². The second-order valence-electron chi connectivity index (χ2n) is 7.26. The van der Waals surface area contributed by atoms with E-state index in [1.54, 1.807) is 0 Å². The zero-order valence-electron chi connectivity index (χ0n) is 15.4. The maximum absolute atomic E-state index is 11.0. The summed E-state index contributed by atoms with van der Waals surface area (Å²) in [6.07, 6.45) is 4.49. The maximum atomic E-state index is 11.0. The van der Waals surface area contributed by atoms with E-state index >= 15 is 0 Å². The molecule has 1 saturated heterocycles. The van der Waals surface area contributed by atoms with Crippen LogP contribution in [0.5, 0.6) is 0 Å². The Balaban J connectivity index is 1.53. The van der Waals surface area contributed by atoms with Crippen molar-refractivity contribution in [3.63, 3.8) is 0 Å². The molecule has 1 aromatic carbocycles. The van der Waals surface area contributed by atoms with Crippen LogP contribution in [0.15, 0.2) is 30.3 Å². The van der Waals surface area contributed by atoms with Gasteiger partial charge in [0.1, 0.15) is 5.82 Å². The van der Waals surface area contributed by atoms with Crippen LogP contribution in [0.1, 0.15) is 30.7 Å². The highest BCUT2D eigenvalue weighted by Crippen LogP contribution is 2.16. The summed E-state index contributed by atoms with van der Waals surface area (Å²) in [5.74, 6) is 1.28. The number of carbonyl (C=O) groups is 1. The van der Waals surface area contributed by atoms with E-state index in [9.17, 15) is 4.79 Å². The molecule has 2 aromatic rings. The van der Waals surface area contributed by atoms with E-state index in [-0.39, 0.29) is 5.91 Å². The first kappa shape index (κ1) is 18.8. The lowest BCUT2D eigenvalue weighted by molar-refractivity contribution is -0.929. The molecule has 7 heteroatoms. The largest absolute Gasteiger partial charge is 0.370 e. The van der Waals surface area contributed by atoms with Crippen molar-refractivity contribution in [1.29, 1.82) is 0 Å². The van der Waals surface area contributed by atoms with Gasteiger partial charge in [-0.15, -0.1) is 0 Å². The number of nitrogens with two attached hydrogens (primary N) is 1. The minimum atomic E-state index is -0.309. The van der Waals surface area contributed by atoms with Crippen molar-refractivity contribution in [2.45, 2.75) is 38.8 Å². The lowest BCUT2D eigenvalue weighted by Crippen LogP contribution is -3.12. The zero-order chi connectivity index (χ0) is 18.5. The molecule has 1 amide bonds. The topological polar surface area (TPSA) is 70.3 Å². The van der Waals surface area contributed by atoms with Gasteiger partial charge in [-0.1, -0.05) is 30.3 Å². The number of nitrogens with zero attached hydrogens (tertiary/aromatic N) is 3. The highest BCUT2D eigenvalue weighted by molar-refractivity contribution is 7.71. The summed E-state index contributed by atoms with van der Waals surface area (Å²) in [5.41, 5.74) is 6.68. The van der Waals surface area contributed by atoms with E-state index in [0.29, 0.717) is 17.6 Å². The molecule has 0 unspecified atom stereocenters. The number of rotatable bonds is 7. The number of benzene rings is 1. The SMILES string of the molecule is Cn1c(CCC(N)=O)nn(C[NH+]2CCC(Cc3ccccc3)CC2)c1=S. The van der Waals surface area contributed by atoms with Crippen molar-refractivity contribution in [2.24, 2.45) is 18.7 Å². The summed E-state index contributed by atoms with van der Waals surface area (Å²) < 4.78 is 4.50. The predicted molar refractivity (Wildman–Crippen MR) is 103 cm³/mol. The molecular weight excluding hydrogens is 346 g/mol. The molecule has 1 aromatic heterocycles. The minimum Gasteiger partial charge on any atom is -0.370 e. The number of carbonyl (C=O) groups excluding carboxylic acids is 1. The van der Waals surface area contributed by atoms with Gasteiger partial charge in [-0.25, -0.2) is 0 Å². The number of aryl methyl sites for hydroxylation is 1. The van der Waals surface area contributed by atoms with E-state index in [0.717, 1.165) is 31.5 Å². The summed E-state index contributed by atoms with van der Waals surface area (Å²) in [5, 5.41) is 4.61. The number of amides is 1. The first-order valence-corrected chi connectivity index (χ1v) is 9.72. The number of hydrogen-bond donors (Lipinski definition) is 2. The highest BCUT2D eigenvalue weighted by atomic mass is 32.1. The number of primary amides is 1. The molecule has 0 saturated carbocycles. The molecule has 2 heterocycles. The van der Waals surface area contributed by atoms with E-state index in [2.05, 4.69) is 35.4 Å². The number of aromatic nitrogens is 3. The summed E-state index contributed by atoms with van der Waals surface area (Å²) in [4.78, 5) is 12.5. The third kappa shape index (κ3) is 4.80. The molecule has 1 aliphatic heterocycles. The van der Waals surface area contributed by atoms with Gasteiger partial charge in [-0.2, -0.15) is 9.78 Å². The van der Waals surface area contributed by atoms with Crippen LogP contribution in [0.3, 0.4) is 0 Å². The molecule has 0 radical (unpaired) electrons. The van der Waals surface area contributed by atoms with Crippen molar-refractivity contribution < 1.29 is 9.69 Å². The Hall–Kier alpha value is -1.99. The van der Waals surface area contributed by atoms with Gasteiger partial charge < -0.3 is 15.2 Å². The third-order valence-electron chi connectivity index (χ3n) is 5.28. The van der Waals surface area contributed by atoms with E-state index < -0.39 is 0 Å². The van der Waals surface area contributed by atoms with Crippen molar-refractivity contribution in [2.75, 3.05) is 13.1 Å². The number of hydrogen-bond acceptors (Lipinski definition) is 3. The standard InChI is InChI=1S/C19H27N5OS/c1-22-18(8-7-17(20)25)21-24(19(22)26)14-23-11-9-16(10-12-23)13-15-5-3-2-4-6-15/h2-6,16H,7-14H2,1H3,(H2,20,25)/p+1. The van der Waals surface area contributed by atoms with Crippen molar-refractivity contribution >= 4 is 18.1 Å². The molecule has 0 bridgehead atoms. The van der Waals surface area contributed by atoms with Crippen molar-refractivity contribution in [1.82, 2.24) is 14.3 Å². The molecule has 6 nitrogen and oxygen atoms in total. The number of nitrogens with one attached hydrogen (secondary N) is 1. The van der Waals surface area contributed by atoms with Gasteiger partial charge in [0.25, 0.3) is 0 Å². The monoisotopic (exact) mass is 374 g/mol. The lowest BCUT2D eigenvalue weighted by atomic mass is 9.90. The smallest absolute Gasteiger partial charge is 0.217 e. The first-order chi connectivity index (χ1) is 12.5. The fraction of sp³-hybridized carbons (Fsp3) is 0.526. The molecule has 1 fully saturated rings. The average Bonchev–Trinajstić information content (AvgIpc) is 2.90. The Morgan fingerprint density at radius 1 is 1.31 bits per heavy atom. The zero-order valence-corrected chi connectivity index (χ0v) is 16.2. The maximum Gasteiger partial charge on any atom is 0.217 e. The van der Waals surface area contributed by atoms with E-state index in [1.807, 2.05) is 16.3 Å². The van der Waals surface area contributed by atoms with Gasteiger partial charge in [0.05, 0.1) is 13.1 Å². The molecule has 3 N–H and O–H groups in total. The molecule has 0 atom stereocenters. The summed E-state index contributed by atoms with van der Waals surface area (Å²) in [6.45, 7) is 3.08.